The Kier molecular flexibility index (Phi) is 8.74. The number of hydrogen-bond donors (Lipinski definition) is 2. The Morgan fingerprint density at radius 3 is 2.58 bits per heavy atom. The summed E-state index contributed by atoms with van der Waals surface area (Å²) in [4.78, 5) is 0. The lowest BCUT2D eigenvalue weighted by atomic mass is 10.1. The van der Waals surface area contributed by atoms with Gasteiger partial charge in [-0.25, -0.2) is 13.1 Å². The largest absolute Gasteiger partial charge is 0.329 e. The van der Waals surface area contributed by atoms with Gasteiger partial charge >= 0.3 is 0 Å². The van der Waals surface area contributed by atoms with E-state index in [0.717, 1.165) is 28.6 Å². The van der Waals surface area contributed by atoms with Crippen LogP contribution < -0.4 is 10.5 Å². The second-order valence-corrected chi connectivity index (χ2v) is 8.53. The fraction of sp³-hybridized carbons (Fsp3) is 0.636. The molecule has 3 N–H and O–H groups in total. The van der Waals surface area contributed by atoms with E-state index < -0.39 is 10.0 Å². The molecular formula is C11H20BrClN2O2S2. The van der Waals surface area contributed by atoms with Crippen LogP contribution in [0.2, 0.25) is 0 Å². The molecule has 0 radical (unpaired) electrons. The van der Waals surface area contributed by atoms with Crippen LogP contribution >= 0.6 is 39.7 Å². The molecule has 0 aromatic carbocycles. The number of hydrogen-bond acceptors (Lipinski definition) is 4. The van der Waals surface area contributed by atoms with E-state index in [1.54, 1.807) is 6.07 Å². The molecular weight excluding hydrogens is 372 g/mol. The van der Waals surface area contributed by atoms with Crippen molar-refractivity contribution in [3.05, 3.63) is 15.4 Å². The number of nitrogens with two attached hydrogens (primary N) is 1. The van der Waals surface area contributed by atoms with Gasteiger partial charge in [0.25, 0.3) is 0 Å². The molecule has 0 aliphatic rings. The zero-order chi connectivity index (χ0) is 13.8. The highest BCUT2D eigenvalue weighted by Gasteiger charge is 2.21. The molecule has 0 saturated heterocycles. The van der Waals surface area contributed by atoms with Crippen molar-refractivity contribution in [2.24, 2.45) is 5.73 Å². The van der Waals surface area contributed by atoms with E-state index in [0.29, 0.717) is 10.8 Å². The molecule has 8 heteroatoms. The fourth-order valence-corrected chi connectivity index (χ4v) is 5.04. The van der Waals surface area contributed by atoms with Gasteiger partial charge in [0, 0.05) is 12.6 Å². The van der Waals surface area contributed by atoms with E-state index in [1.807, 2.05) is 6.92 Å². The maximum absolute atomic E-state index is 12.2. The van der Waals surface area contributed by atoms with Crippen molar-refractivity contribution in [2.45, 2.75) is 43.4 Å². The standard InChI is InChI=1S/C11H19BrN2O2S2.ClH/c1-3-4-5-9(7-13)14-18(15,16)10-6-8(2)11(12)17-10;/h6,9,14H,3-5,7,13H2,1-2H3;1H. The van der Waals surface area contributed by atoms with Crippen molar-refractivity contribution < 1.29 is 8.42 Å². The topological polar surface area (TPSA) is 72.2 Å². The average Bonchev–Trinajstić information content (AvgIpc) is 2.66. The fourth-order valence-electron chi connectivity index (χ4n) is 1.52. The van der Waals surface area contributed by atoms with Crippen molar-refractivity contribution in [1.82, 2.24) is 4.72 Å². The Balaban J connectivity index is 0.00000324. The lowest BCUT2D eigenvalue weighted by molar-refractivity contribution is 0.517. The Morgan fingerprint density at radius 1 is 1.53 bits per heavy atom. The van der Waals surface area contributed by atoms with Crippen molar-refractivity contribution in [3.63, 3.8) is 0 Å². The zero-order valence-electron chi connectivity index (χ0n) is 11.0. The number of thiophene rings is 1. The summed E-state index contributed by atoms with van der Waals surface area (Å²) >= 11 is 4.56. The van der Waals surface area contributed by atoms with Crippen LogP contribution in [-0.4, -0.2) is 21.0 Å². The van der Waals surface area contributed by atoms with Gasteiger partial charge in [-0.15, -0.1) is 23.7 Å². The van der Waals surface area contributed by atoms with Crippen molar-refractivity contribution in [2.75, 3.05) is 6.54 Å². The summed E-state index contributed by atoms with van der Waals surface area (Å²) in [5, 5.41) is 0. The third-order valence-corrected chi connectivity index (χ3v) is 6.74. The molecule has 1 atom stereocenters. The van der Waals surface area contributed by atoms with Gasteiger partial charge in [0.15, 0.2) is 0 Å². The quantitative estimate of drug-likeness (QED) is 0.750. The van der Waals surface area contributed by atoms with Crippen molar-refractivity contribution >= 4 is 49.7 Å². The maximum Gasteiger partial charge on any atom is 0.250 e. The summed E-state index contributed by atoms with van der Waals surface area (Å²) in [7, 11) is -3.45. The Bertz CT molecular complexity index is 471. The highest BCUT2D eigenvalue weighted by Crippen LogP contribution is 2.30. The number of sulfonamides is 1. The van der Waals surface area contributed by atoms with Crippen LogP contribution in [0, 0.1) is 6.92 Å². The van der Waals surface area contributed by atoms with E-state index in [9.17, 15) is 8.42 Å². The molecule has 0 fully saturated rings. The lowest BCUT2D eigenvalue weighted by Gasteiger charge is -2.15. The second kappa shape index (κ2) is 8.59. The van der Waals surface area contributed by atoms with E-state index >= 15 is 0 Å². The van der Waals surface area contributed by atoms with E-state index in [2.05, 4.69) is 27.6 Å². The van der Waals surface area contributed by atoms with Crippen LogP contribution in [-0.2, 0) is 10.0 Å². The molecule has 0 aliphatic heterocycles. The smallest absolute Gasteiger partial charge is 0.250 e. The Morgan fingerprint density at radius 2 is 2.16 bits per heavy atom. The first kappa shape index (κ1) is 19.3. The average molecular weight is 392 g/mol. The van der Waals surface area contributed by atoms with E-state index in [4.69, 9.17) is 5.73 Å². The molecule has 0 aliphatic carbocycles. The molecule has 0 bridgehead atoms. The van der Waals surface area contributed by atoms with Crippen LogP contribution in [0.3, 0.4) is 0 Å². The number of unbranched alkanes of at least 4 members (excludes halogenated alkanes) is 1. The van der Waals surface area contributed by atoms with E-state index in [-0.39, 0.29) is 18.4 Å². The SMILES string of the molecule is CCCCC(CN)NS(=O)(=O)c1cc(C)c(Br)s1.Cl. The van der Waals surface area contributed by atoms with Gasteiger partial charge in [0.2, 0.25) is 10.0 Å². The third-order valence-electron chi connectivity index (χ3n) is 2.61. The summed E-state index contributed by atoms with van der Waals surface area (Å²) in [6.07, 6.45) is 2.77. The van der Waals surface area contributed by atoms with Gasteiger partial charge in [0.1, 0.15) is 4.21 Å². The van der Waals surface area contributed by atoms with Gasteiger partial charge in [0.05, 0.1) is 3.79 Å². The molecule has 1 aromatic rings. The maximum atomic E-state index is 12.2. The normalized spacial score (nSPS) is 13.1. The van der Waals surface area contributed by atoms with Gasteiger partial charge in [-0.3, -0.25) is 0 Å². The summed E-state index contributed by atoms with van der Waals surface area (Å²) < 4.78 is 28.2. The molecule has 112 valence electrons. The molecule has 1 aromatic heterocycles. The molecule has 4 nitrogen and oxygen atoms in total. The molecule has 1 rings (SSSR count). The second-order valence-electron chi connectivity index (χ2n) is 4.22. The molecule has 0 spiro atoms. The summed E-state index contributed by atoms with van der Waals surface area (Å²) in [6.45, 7) is 4.27. The first-order valence-corrected chi connectivity index (χ1v) is 8.98. The summed E-state index contributed by atoms with van der Waals surface area (Å²) in [5.41, 5.74) is 6.53. The third kappa shape index (κ3) is 5.69. The van der Waals surface area contributed by atoms with Crippen LogP contribution in [0.1, 0.15) is 31.7 Å². The molecule has 1 unspecified atom stereocenters. The minimum absolute atomic E-state index is 0. The number of halogens is 2. The van der Waals surface area contributed by atoms with Crippen LogP contribution in [0.5, 0.6) is 0 Å². The highest BCUT2D eigenvalue weighted by molar-refractivity contribution is 9.11. The van der Waals surface area contributed by atoms with Gasteiger partial charge < -0.3 is 5.73 Å². The minimum Gasteiger partial charge on any atom is -0.329 e. The molecule has 0 saturated carbocycles. The molecule has 1 heterocycles. The first-order valence-electron chi connectivity index (χ1n) is 5.89. The monoisotopic (exact) mass is 390 g/mol. The van der Waals surface area contributed by atoms with Crippen LogP contribution in [0.4, 0.5) is 0 Å². The Labute approximate surface area is 133 Å². The number of nitrogens with one attached hydrogen (secondary N) is 1. The zero-order valence-corrected chi connectivity index (χ0v) is 15.0. The van der Waals surface area contributed by atoms with Crippen molar-refractivity contribution in [3.8, 4) is 0 Å². The highest BCUT2D eigenvalue weighted by atomic mass is 79.9. The van der Waals surface area contributed by atoms with Crippen LogP contribution in [0.25, 0.3) is 0 Å². The van der Waals surface area contributed by atoms with Crippen molar-refractivity contribution in [1.29, 1.82) is 0 Å². The van der Waals surface area contributed by atoms with Gasteiger partial charge in [-0.05, 0) is 40.9 Å². The number of aryl methyl sites for hydroxylation is 1. The predicted molar refractivity (Wildman–Crippen MR) is 86.7 cm³/mol. The molecule has 19 heavy (non-hydrogen) atoms. The lowest BCUT2D eigenvalue weighted by Crippen LogP contribution is -2.39. The van der Waals surface area contributed by atoms with Crippen LogP contribution in [0.15, 0.2) is 14.1 Å². The van der Waals surface area contributed by atoms with Gasteiger partial charge in [-0.1, -0.05) is 19.8 Å². The minimum atomic E-state index is -3.45. The molecule has 0 amide bonds. The van der Waals surface area contributed by atoms with Gasteiger partial charge in [-0.2, -0.15) is 0 Å². The number of rotatable bonds is 7. The summed E-state index contributed by atoms with van der Waals surface area (Å²) in [5.74, 6) is 0. The predicted octanol–water partition coefficient (Wildman–Crippen LogP) is 3.04. The summed E-state index contributed by atoms with van der Waals surface area (Å²) in [6, 6.07) is 1.49. The van der Waals surface area contributed by atoms with E-state index in [1.165, 1.54) is 11.3 Å². The first-order chi connectivity index (χ1) is 8.40. The Hall–Kier alpha value is 0.340.